The van der Waals surface area contributed by atoms with Crippen LogP contribution >= 0.6 is 0 Å². The molecule has 120 heavy (non-hydrogen) atoms. The Labute approximate surface area is 689 Å². The molecule has 0 spiro atoms. The van der Waals surface area contributed by atoms with Crippen LogP contribution in [0.1, 0.15) is 121 Å². The van der Waals surface area contributed by atoms with E-state index in [0.717, 1.165) is 0 Å². The van der Waals surface area contributed by atoms with Gasteiger partial charge in [0.25, 0.3) is 0 Å². The molecule has 0 amide bonds. The van der Waals surface area contributed by atoms with Crippen LogP contribution in [-0.4, -0.2) is 212 Å². The molecule has 0 fully saturated rings. The topological polar surface area (TPSA) is 448 Å². The number of esters is 12. The minimum Gasteiger partial charge on any atom is -0.462 e. The number of carbonyl (C=O) groups excluding carboxylic acids is 12. The van der Waals surface area contributed by atoms with Crippen LogP contribution in [-0.2, 0) is 85.6 Å². The SMILES string of the molecule is C=C(C)C(=O)OCC(O)COC(=O)c1c2ccccc2c(C(=O)OCC(O)COC(=O)C(=C)C)c2ccccc12.C=C(C)C(=O)OCCCOC(=O)c1c2ccccc2c(C(=O)OC(CO)COC(=O)C(=C)C)c2ccccc12.C=Cc1c(C=C)c(C(=O)OC(CO)COC(=O)C(=C)C)c2ccccc2c1C(=O)OC(CO)COC(=O)C(=C)C.O. The molecule has 8 rings (SSSR count). The molecular formula is C90H94O30. The quantitative estimate of drug-likeness (QED) is 0.00789. The number of fused-ring (bicyclic) bond motifs is 5. The van der Waals surface area contributed by atoms with Crippen molar-refractivity contribution in [3.63, 3.8) is 0 Å². The van der Waals surface area contributed by atoms with Gasteiger partial charge in [-0.05, 0) is 107 Å². The Kier molecular flexibility index (Phi) is 37.9. The number of rotatable bonds is 38. The molecule has 0 saturated heterocycles. The fraction of sp³-hybridized carbons (Fsp3) is 0.267. The Hall–Kier alpha value is -13.6. The summed E-state index contributed by atoms with van der Waals surface area (Å²) >= 11 is 0. The summed E-state index contributed by atoms with van der Waals surface area (Å²) in [6, 6.07) is 33.4. The summed E-state index contributed by atoms with van der Waals surface area (Å²) in [6.45, 7) is 32.7. The summed E-state index contributed by atoms with van der Waals surface area (Å²) in [6.07, 6.45) is -3.04. The smallest absolute Gasteiger partial charge is 0.339 e. The molecule has 7 N–H and O–H groups in total. The Morgan fingerprint density at radius 2 is 0.483 bits per heavy atom. The first-order valence-electron chi connectivity index (χ1n) is 36.7. The average Bonchev–Trinajstić information content (AvgIpc) is 0.754. The minimum atomic E-state index is -1.26. The predicted octanol–water partition coefficient (Wildman–Crippen LogP) is 10.1. The van der Waals surface area contributed by atoms with Crippen molar-refractivity contribution in [3.05, 3.63) is 252 Å². The van der Waals surface area contributed by atoms with E-state index >= 15 is 0 Å². The summed E-state index contributed by atoms with van der Waals surface area (Å²) in [5.74, 6) is -8.58. The third-order valence-corrected chi connectivity index (χ3v) is 16.9. The van der Waals surface area contributed by atoms with Crippen LogP contribution in [0.15, 0.2) is 207 Å². The largest absolute Gasteiger partial charge is 0.462 e. The number of benzene rings is 8. The second-order valence-electron chi connectivity index (χ2n) is 26.6. The van der Waals surface area contributed by atoms with Crippen molar-refractivity contribution >= 4 is 138 Å². The molecule has 0 aliphatic carbocycles. The molecule has 5 unspecified atom stereocenters. The lowest BCUT2D eigenvalue weighted by atomic mass is 9.88. The van der Waals surface area contributed by atoms with Gasteiger partial charge in [0.1, 0.15) is 58.5 Å². The van der Waals surface area contributed by atoms with Gasteiger partial charge in [-0.2, -0.15) is 0 Å². The Bertz CT molecular complexity index is 4970. The maximum Gasteiger partial charge on any atom is 0.339 e. The van der Waals surface area contributed by atoms with Gasteiger partial charge in [0.2, 0.25) is 0 Å². The fourth-order valence-corrected chi connectivity index (χ4v) is 11.1. The number of ether oxygens (including phenoxy) is 12. The lowest BCUT2D eigenvalue weighted by Gasteiger charge is -2.21. The monoisotopic (exact) mass is 1650 g/mol. The van der Waals surface area contributed by atoms with E-state index in [1.54, 1.807) is 128 Å². The van der Waals surface area contributed by atoms with E-state index in [-0.39, 0.29) is 116 Å². The second-order valence-corrected chi connectivity index (χ2v) is 26.6. The zero-order valence-corrected chi connectivity index (χ0v) is 67.0. The maximum absolute atomic E-state index is 13.4. The van der Waals surface area contributed by atoms with Gasteiger partial charge in [-0.3, -0.25) is 0 Å². The van der Waals surface area contributed by atoms with Gasteiger partial charge in [-0.25, -0.2) is 57.5 Å². The highest BCUT2D eigenvalue weighted by Gasteiger charge is 2.32. The predicted molar refractivity (Wildman–Crippen MR) is 442 cm³/mol. The van der Waals surface area contributed by atoms with Gasteiger partial charge in [0.15, 0.2) is 18.3 Å². The highest BCUT2D eigenvalue weighted by atomic mass is 16.6. The lowest BCUT2D eigenvalue weighted by Crippen LogP contribution is -2.30. The van der Waals surface area contributed by atoms with Crippen molar-refractivity contribution in [1.82, 2.24) is 0 Å². The van der Waals surface area contributed by atoms with E-state index in [2.05, 4.69) is 52.6 Å². The number of carbonyl (C=O) groups is 12. The van der Waals surface area contributed by atoms with E-state index in [1.165, 1.54) is 46.8 Å². The van der Waals surface area contributed by atoms with E-state index in [0.29, 0.717) is 60.3 Å². The van der Waals surface area contributed by atoms with Crippen molar-refractivity contribution < 1.29 is 145 Å². The number of aliphatic hydroxyl groups is 5. The molecule has 5 atom stereocenters. The molecule has 0 saturated carbocycles. The van der Waals surface area contributed by atoms with Crippen LogP contribution in [0.5, 0.6) is 0 Å². The summed E-state index contributed by atoms with van der Waals surface area (Å²) < 4.78 is 62.4. The van der Waals surface area contributed by atoms with Gasteiger partial charge < -0.3 is 87.9 Å². The number of aliphatic hydroxyl groups excluding tert-OH is 5. The molecule has 0 bridgehead atoms. The van der Waals surface area contributed by atoms with Crippen LogP contribution in [0.3, 0.4) is 0 Å². The van der Waals surface area contributed by atoms with Gasteiger partial charge in [-0.15, -0.1) is 0 Å². The van der Waals surface area contributed by atoms with Gasteiger partial charge in [0, 0.05) is 39.9 Å². The Morgan fingerprint density at radius 3 is 0.717 bits per heavy atom. The van der Waals surface area contributed by atoms with Crippen LogP contribution in [0.25, 0.3) is 66.0 Å². The molecule has 30 heteroatoms. The van der Waals surface area contributed by atoms with Gasteiger partial charge >= 0.3 is 71.6 Å². The van der Waals surface area contributed by atoms with E-state index < -0.39 is 148 Å². The standard InChI is InChI=1S/C30H30O10.C30H32O10.C30H30O9.H2O/c1-17(2)27(33)37-13-19(31)15-39-29(35)25-21-9-5-7-11-23(21)26(24-12-8-6-10-22(24)25)30(36)40-16-20(32)14-38-28(34)18(3)4;1-7-21-22(8-2)26(30(36)40-20(14-32)16-38-28(34)18(5)6)24-12-10-9-11-23(24)25(21)29(35)39-19(13-31)15-37-27(33)17(3)4;1-18(2)27(32)36-14-9-15-37-29(34)25-21-10-5-7-12-23(21)26(24-13-8-6-11-22(24)25)30(35)39-20(16-31)17-38-28(33)19(3)4;/h5-12,19-20,31-32H,1,3,13-16H2,2,4H3;7-12,19-20,31-32H,1-3,5,13-16H2,4,6H3;5-8,10-13,20,31H,1,3,9,14-17H2,2,4H3;1H2. The molecule has 0 heterocycles. The van der Waals surface area contributed by atoms with E-state index in [9.17, 15) is 83.1 Å². The lowest BCUT2D eigenvalue weighted by molar-refractivity contribution is -0.143. The third kappa shape index (κ3) is 26.2. The average molecular weight is 1660 g/mol. The van der Waals surface area contributed by atoms with E-state index in [1.807, 2.05) is 0 Å². The maximum atomic E-state index is 13.4. The summed E-state index contributed by atoms with van der Waals surface area (Å²) in [5, 5.41) is 53.4. The third-order valence-electron chi connectivity index (χ3n) is 16.9. The highest BCUT2D eigenvalue weighted by molar-refractivity contribution is 6.26. The summed E-state index contributed by atoms with van der Waals surface area (Å²) in [5.41, 5.74) is 2.28. The minimum absolute atomic E-state index is 0. The summed E-state index contributed by atoms with van der Waals surface area (Å²) in [4.78, 5) is 150. The second kappa shape index (κ2) is 46.9. The molecular weight excluding hydrogens is 1560 g/mol. The van der Waals surface area contributed by atoms with Gasteiger partial charge in [0.05, 0.1) is 66.4 Å². The van der Waals surface area contributed by atoms with Crippen LogP contribution in [0.4, 0.5) is 0 Å². The number of hydrogen-bond donors (Lipinski definition) is 5. The van der Waals surface area contributed by atoms with Crippen molar-refractivity contribution in [1.29, 1.82) is 0 Å². The first kappa shape index (κ1) is 97.0. The molecule has 0 aromatic heterocycles. The first-order valence-corrected chi connectivity index (χ1v) is 36.7. The molecule has 8 aromatic rings. The first-order chi connectivity index (χ1) is 56.7. The van der Waals surface area contributed by atoms with Crippen LogP contribution < -0.4 is 0 Å². The summed E-state index contributed by atoms with van der Waals surface area (Å²) in [7, 11) is 0. The molecule has 30 nitrogen and oxygen atoms in total. The molecule has 0 radical (unpaired) electrons. The Balaban J connectivity index is 0.000000319. The van der Waals surface area contributed by atoms with Crippen LogP contribution in [0, 0.1) is 0 Å². The Morgan fingerprint density at radius 1 is 0.292 bits per heavy atom. The normalized spacial score (nSPS) is 11.8. The van der Waals surface area contributed by atoms with E-state index in [4.69, 9.17) is 56.8 Å². The molecule has 0 aliphatic rings. The molecule has 0 aliphatic heterocycles. The van der Waals surface area contributed by atoms with Gasteiger partial charge in [-0.1, -0.05) is 186 Å². The fourth-order valence-electron chi connectivity index (χ4n) is 11.1. The molecule has 634 valence electrons. The zero-order valence-electron chi connectivity index (χ0n) is 67.0. The van der Waals surface area contributed by atoms with Crippen molar-refractivity contribution in [3.8, 4) is 0 Å². The number of hydrogen-bond acceptors (Lipinski definition) is 29. The van der Waals surface area contributed by atoms with Crippen molar-refractivity contribution in [2.45, 2.75) is 78.5 Å². The highest BCUT2D eigenvalue weighted by Crippen LogP contribution is 2.38. The van der Waals surface area contributed by atoms with Crippen molar-refractivity contribution in [2.75, 3.05) is 79.3 Å². The van der Waals surface area contributed by atoms with Crippen molar-refractivity contribution in [2.24, 2.45) is 0 Å². The van der Waals surface area contributed by atoms with Crippen LogP contribution in [0.2, 0.25) is 0 Å². The zero-order chi connectivity index (χ0) is 87.9. The molecule has 8 aromatic carbocycles.